The summed E-state index contributed by atoms with van der Waals surface area (Å²) in [5.41, 5.74) is 0. The van der Waals surface area contributed by atoms with Gasteiger partial charge in [0, 0.05) is 10.7 Å². The van der Waals surface area contributed by atoms with E-state index < -0.39 is 9.24 Å². The van der Waals surface area contributed by atoms with E-state index in [0.29, 0.717) is 12.8 Å². The molecule has 0 aromatic carbocycles. The van der Waals surface area contributed by atoms with Crippen LogP contribution in [0, 0.1) is 5.92 Å². The van der Waals surface area contributed by atoms with E-state index in [4.69, 9.17) is 10.7 Å². The highest BCUT2D eigenvalue weighted by Crippen LogP contribution is 2.35. The van der Waals surface area contributed by atoms with Gasteiger partial charge in [0.05, 0.1) is 12.0 Å². The average Bonchev–Trinajstić information content (AvgIpc) is 1.97. The number of carbonyl (C=O) groups is 1. The molecule has 2 atom stereocenters. The van der Waals surface area contributed by atoms with Crippen LogP contribution in [-0.4, -0.2) is 24.7 Å². The molecule has 76 valence electrons. The molecule has 0 spiro atoms. The molecule has 13 heavy (non-hydrogen) atoms. The third-order valence-electron chi connectivity index (χ3n) is 2.39. The fourth-order valence-corrected chi connectivity index (χ4v) is 3.22. The van der Waals surface area contributed by atoms with Gasteiger partial charge in [-0.2, -0.15) is 8.42 Å². The normalized spacial score (nSPS) is 28.8. The maximum Gasteiger partial charge on any atom is 0.324 e. The molecule has 0 aromatic rings. The summed E-state index contributed by atoms with van der Waals surface area (Å²) in [5, 5.41) is 0. The predicted molar refractivity (Wildman–Crippen MR) is 49.5 cm³/mol. The first-order valence-corrected chi connectivity index (χ1v) is 6.48. The van der Waals surface area contributed by atoms with Crippen LogP contribution in [-0.2, 0) is 14.0 Å². The highest BCUT2D eigenvalue weighted by Gasteiger charge is 2.50. The van der Waals surface area contributed by atoms with Crippen molar-refractivity contribution in [1.82, 2.24) is 4.31 Å². The summed E-state index contributed by atoms with van der Waals surface area (Å²) in [4.78, 5) is 11.3. The molecule has 0 N–H and O–H groups in total. The van der Waals surface area contributed by atoms with Crippen molar-refractivity contribution in [2.75, 3.05) is 0 Å². The monoisotopic (exact) mass is 225 g/mol. The lowest BCUT2D eigenvalue weighted by Crippen LogP contribution is -2.61. The fourth-order valence-electron chi connectivity index (χ4n) is 1.74. The quantitative estimate of drug-likeness (QED) is 0.534. The summed E-state index contributed by atoms with van der Waals surface area (Å²) in [7, 11) is 1.24. The molecule has 0 radical (unpaired) electrons. The minimum Gasteiger partial charge on any atom is -0.273 e. The Kier molecular flexibility index (Phi) is 2.87. The van der Waals surface area contributed by atoms with E-state index in [1.54, 1.807) is 0 Å². The topological polar surface area (TPSA) is 54.5 Å². The van der Waals surface area contributed by atoms with Crippen molar-refractivity contribution in [2.45, 2.75) is 32.7 Å². The summed E-state index contributed by atoms with van der Waals surface area (Å²) in [6, 6.07) is -0.236. The summed E-state index contributed by atoms with van der Waals surface area (Å²) < 4.78 is 22.6. The Balaban J connectivity index is 2.86. The highest BCUT2D eigenvalue weighted by atomic mass is 35.7. The van der Waals surface area contributed by atoms with Gasteiger partial charge < -0.3 is 0 Å². The minimum atomic E-state index is -3.86. The van der Waals surface area contributed by atoms with Gasteiger partial charge in [-0.05, 0) is 12.8 Å². The third kappa shape index (κ3) is 1.67. The summed E-state index contributed by atoms with van der Waals surface area (Å²) in [5.74, 6) is -0.539. The molecule has 0 saturated carbocycles. The Labute approximate surface area is 82.4 Å². The molecular formula is C7H12ClNO3S. The first-order valence-electron chi connectivity index (χ1n) is 4.21. The lowest BCUT2D eigenvalue weighted by atomic mass is 9.86. The second-order valence-electron chi connectivity index (χ2n) is 3.07. The number of hydrogen-bond acceptors (Lipinski definition) is 3. The van der Waals surface area contributed by atoms with Gasteiger partial charge in [-0.15, -0.1) is 0 Å². The van der Waals surface area contributed by atoms with Gasteiger partial charge in [0.15, 0.2) is 0 Å². The molecule has 0 aliphatic carbocycles. The van der Waals surface area contributed by atoms with Crippen molar-refractivity contribution in [3.05, 3.63) is 0 Å². The average molecular weight is 226 g/mol. The number of β-lactam (4-membered cyclic amide) rings is 1. The van der Waals surface area contributed by atoms with Gasteiger partial charge in [-0.25, -0.2) is 4.31 Å². The van der Waals surface area contributed by atoms with Crippen LogP contribution >= 0.6 is 10.7 Å². The van der Waals surface area contributed by atoms with Crippen molar-refractivity contribution in [1.29, 1.82) is 0 Å². The van der Waals surface area contributed by atoms with Gasteiger partial charge in [0.2, 0.25) is 5.91 Å². The maximum atomic E-state index is 11.3. The second-order valence-corrected chi connectivity index (χ2v) is 5.45. The third-order valence-corrected chi connectivity index (χ3v) is 3.76. The van der Waals surface area contributed by atoms with Gasteiger partial charge >= 0.3 is 9.24 Å². The molecule has 0 unspecified atom stereocenters. The van der Waals surface area contributed by atoms with Gasteiger partial charge in [-0.1, -0.05) is 13.8 Å². The van der Waals surface area contributed by atoms with Crippen molar-refractivity contribution in [2.24, 2.45) is 5.92 Å². The van der Waals surface area contributed by atoms with E-state index in [1.165, 1.54) is 0 Å². The van der Waals surface area contributed by atoms with Crippen LogP contribution in [0.3, 0.4) is 0 Å². The Morgan fingerprint density at radius 1 is 1.38 bits per heavy atom. The highest BCUT2D eigenvalue weighted by molar-refractivity contribution is 8.12. The van der Waals surface area contributed by atoms with E-state index >= 15 is 0 Å². The molecule has 0 aromatic heterocycles. The van der Waals surface area contributed by atoms with E-state index in [9.17, 15) is 13.2 Å². The molecule has 6 heteroatoms. The number of carbonyl (C=O) groups excluding carboxylic acids is 1. The molecular weight excluding hydrogens is 214 g/mol. The Morgan fingerprint density at radius 3 is 2.23 bits per heavy atom. The summed E-state index contributed by atoms with van der Waals surface area (Å²) in [6.07, 6.45) is 1.29. The number of rotatable bonds is 3. The van der Waals surface area contributed by atoms with E-state index in [1.807, 2.05) is 13.8 Å². The fraction of sp³-hybridized carbons (Fsp3) is 0.857. The van der Waals surface area contributed by atoms with Crippen LogP contribution in [0.5, 0.6) is 0 Å². The molecule has 1 rings (SSSR count). The van der Waals surface area contributed by atoms with E-state index in [-0.39, 0.29) is 17.9 Å². The number of hydrogen-bond donors (Lipinski definition) is 0. The van der Waals surface area contributed by atoms with Crippen LogP contribution < -0.4 is 0 Å². The van der Waals surface area contributed by atoms with Crippen LogP contribution in [0.4, 0.5) is 0 Å². The van der Waals surface area contributed by atoms with Gasteiger partial charge in [0.25, 0.3) is 0 Å². The lowest BCUT2D eigenvalue weighted by Gasteiger charge is -2.43. The molecule has 1 amide bonds. The number of amides is 1. The molecule has 1 fully saturated rings. The molecule has 0 bridgehead atoms. The summed E-state index contributed by atoms with van der Waals surface area (Å²) in [6.45, 7) is 3.71. The van der Waals surface area contributed by atoms with Gasteiger partial charge in [-0.3, -0.25) is 4.79 Å². The number of halogens is 1. The van der Waals surface area contributed by atoms with Crippen LogP contribution in [0.15, 0.2) is 0 Å². The Hall–Kier alpha value is -0.290. The smallest absolute Gasteiger partial charge is 0.273 e. The Morgan fingerprint density at radius 2 is 1.92 bits per heavy atom. The van der Waals surface area contributed by atoms with Crippen LogP contribution in [0.2, 0.25) is 0 Å². The molecule has 1 heterocycles. The van der Waals surface area contributed by atoms with Crippen molar-refractivity contribution < 1.29 is 13.2 Å². The molecule has 1 aliphatic heterocycles. The van der Waals surface area contributed by atoms with E-state index in [0.717, 1.165) is 4.31 Å². The maximum absolute atomic E-state index is 11.3. The molecule has 1 saturated heterocycles. The first-order chi connectivity index (χ1) is 5.93. The Bertz CT molecular complexity index is 314. The predicted octanol–water partition coefficient (Wildman–Crippen LogP) is 1.12. The zero-order chi connectivity index (χ0) is 10.2. The van der Waals surface area contributed by atoms with E-state index in [2.05, 4.69) is 0 Å². The standard InChI is InChI=1S/C7H12ClNO3S/c1-3-5-6(4-2)9(7(5)10)13(8,11)12/h5-6H,3-4H2,1-2H3/t5-,6+/m1/s1. The van der Waals surface area contributed by atoms with Crippen molar-refractivity contribution >= 4 is 25.8 Å². The van der Waals surface area contributed by atoms with Crippen molar-refractivity contribution in [3.8, 4) is 0 Å². The van der Waals surface area contributed by atoms with Crippen LogP contribution in [0.25, 0.3) is 0 Å². The van der Waals surface area contributed by atoms with Crippen LogP contribution in [0.1, 0.15) is 26.7 Å². The molecule has 1 aliphatic rings. The summed E-state index contributed by atoms with van der Waals surface area (Å²) >= 11 is 0. The number of nitrogens with zero attached hydrogens (tertiary/aromatic N) is 1. The molecule has 4 nitrogen and oxygen atoms in total. The second kappa shape index (κ2) is 3.46. The largest absolute Gasteiger partial charge is 0.324 e. The minimum absolute atomic E-state index is 0.168. The zero-order valence-electron chi connectivity index (χ0n) is 7.53. The SMILES string of the molecule is CC[C@H]1C(=O)N(S(=O)(=O)Cl)[C@H]1CC. The zero-order valence-corrected chi connectivity index (χ0v) is 9.10. The lowest BCUT2D eigenvalue weighted by molar-refractivity contribution is -0.146. The van der Waals surface area contributed by atoms with Gasteiger partial charge in [0.1, 0.15) is 0 Å². The van der Waals surface area contributed by atoms with Crippen molar-refractivity contribution in [3.63, 3.8) is 0 Å². The first kappa shape index (κ1) is 10.8.